The number of hydrogen-bond donors (Lipinski definition) is 0. The number of benzene rings is 1. The van der Waals surface area contributed by atoms with E-state index in [9.17, 15) is 4.57 Å². The fourth-order valence-electron chi connectivity index (χ4n) is 2.13. The van der Waals surface area contributed by atoms with E-state index in [0.717, 1.165) is 13.0 Å². The second-order valence-corrected chi connectivity index (χ2v) is 6.62. The quantitative estimate of drug-likeness (QED) is 0.742. The Morgan fingerprint density at radius 2 is 2.06 bits per heavy atom. The highest BCUT2D eigenvalue weighted by molar-refractivity contribution is 7.55. The van der Waals surface area contributed by atoms with E-state index in [4.69, 9.17) is 4.52 Å². The van der Waals surface area contributed by atoms with Crippen LogP contribution in [0.15, 0.2) is 30.3 Å². The molecule has 4 heteroatoms. The van der Waals surface area contributed by atoms with Crippen LogP contribution in [-0.4, -0.2) is 24.5 Å². The second kappa shape index (κ2) is 4.70. The Labute approximate surface area is 96.9 Å². The molecule has 0 bridgehead atoms. The zero-order valence-corrected chi connectivity index (χ0v) is 10.7. The van der Waals surface area contributed by atoms with Crippen LogP contribution in [0.5, 0.6) is 0 Å². The van der Waals surface area contributed by atoms with Crippen molar-refractivity contribution in [1.29, 1.82) is 0 Å². The maximum absolute atomic E-state index is 12.3. The van der Waals surface area contributed by atoms with Gasteiger partial charge < -0.3 is 4.52 Å². The van der Waals surface area contributed by atoms with Gasteiger partial charge in [0.1, 0.15) is 0 Å². The fourth-order valence-corrected chi connectivity index (χ4v) is 4.01. The van der Waals surface area contributed by atoms with E-state index in [0.29, 0.717) is 6.61 Å². The van der Waals surface area contributed by atoms with Gasteiger partial charge in [-0.05, 0) is 18.9 Å². The van der Waals surface area contributed by atoms with Crippen LogP contribution in [0, 0.1) is 0 Å². The summed E-state index contributed by atoms with van der Waals surface area (Å²) in [6.45, 7) is 5.27. The molecule has 0 aromatic heterocycles. The molecule has 1 aromatic carbocycles. The van der Waals surface area contributed by atoms with Gasteiger partial charge in [-0.2, -0.15) is 0 Å². The number of nitrogens with zero attached hydrogens (tertiary/aromatic N) is 1. The molecule has 0 saturated carbocycles. The Hall–Kier alpha value is -0.630. The second-order valence-electron chi connectivity index (χ2n) is 4.24. The summed E-state index contributed by atoms with van der Waals surface area (Å²) in [4.78, 5) is 0. The van der Waals surface area contributed by atoms with Crippen LogP contribution >= 0.6 is 7.52 Å². The summed E-state index contributed by atoms with van der Waals surface area (Å²) in [5.41, 5.74) is 1.19. The average Bonchev–Trinajstić information content (AvgIpc) is 2.29. The van der Waals surface area contributed by atoms with E-state index >= 15 is 0 Å². The van der Waals surface area contributed by atoms with Crippen LogP contribution in [-0.2, 0) is 9.09 Å². The Bertz CT molecular complexity index is 393. The molecule has 88 valence electrons. The molecule has 16 heavy (non-hydrogen) atoms. The van der Waals surface area contributed by atoms with Crippen LogP contribution in [0.4, 0.5) is 0 Å². The summed E-state index contributed by atoms with van der Waals surface area (Å²) in [5.74, 6) is 0. The first kappa shape index (κ1) is 11.8. The summed E-state index contributed by atoms with van der Waals surface area (Å²) in [7, 11) is -2.59. The molecule has 0 amide bonds. The normalized spacial score (nSPS) is 28.9. The fraction of sp³-hybridized carbons (Fsp3) is 0.500. The van der Waals surface area contributed by atoms with Gasteiger partial charge >= 0.3 is 0 Å². The number of rotatable bonds is 2. The highest BCUT2D eigenvalue weighted by Crippen LogP contribution is 2.53. The largest absolute Gasteiger partial charge is 0.318 e. The van der Waals surface area contributed by atoms with Gasteiger partial charge in [0.25, 0.3) is 7.52 Å². The summed E-state index contributed by atoms with van der Waals surface area (Å²) in [6, 6.07) is 10.3. The molecule has 1 aliphatic heterocycles. The first-order valence-corrected chi connectivity index (χ1v) is 7.68. The topological polar surface area (TPSA) is 29.5 Å². The van der Waals surface area contributed by atoms with Crippen molar-refractivity contribution in [2.75, 3.05) is 19.8 Å². The van der Waals surface area contributed by atoms with Gasteiger partial charge in [0, 0.05) is 19.3 Å². The predicted octanol–water partition coefficient (Wildman–Crippen LogP) is 3.29. The molecule has 0 aliphatic carbocycles. The lowest BCUT2D eigenvalue weighted by molar-refractivity contribution is 0.186. The van der Waals surface area contributed by atoms with E-state index in [1.54, 1.807) is 6.66 Å². The van der Waals surface area contributed by atoms with Gasteiger partial charge in [0.2, 0.25) is 0 Å². The third-order valence-corrected chi connectivity index (χ3v) is 5.20. The first-order chi connectivity index (χ1) is 7.61. The summed E-state index contributed by atoms with van der Waals surface area (Å²) in [6.07, 6.45) is 0.953. The van der Waals surface area contributed by atoms with E-state index in [-0.39, 0.29) is 6.04 Å². The van der Waals surface area contributed by atoms with E-state index in [2.05, 4.69) is 19.1 Å². The minimum atomic E-state index is -2.59. The zero-order valence-electron chi connectivity index (χ0n) is 9.80. The lowest BCUT2D eigenvalue weighted by Crippen LogP contribution is -2.30. The summed E-state index contributed by atoms with van der Waals surface area (Å²) >= 11 is 0. The molecule has 2 atom stereocenters. The van der Waals surface area contributed by atoms with Crippen LogP contribution in [0.3, 0.4) is 0 Å². The van der Waals surface area contributed by atoms with Crippen molar-refractivity contribution in [1.82, 2.24) is 4.67 Å². The van der Waals surface area contributed by atoms with Gasteiger partial charge in [0.15, 0.2) is 0 Å². The number of hydrogen-bond acceptors (Lipinski definition) is 2. The van der Waals surface area contributed by atoms with E-state index in [1.807, 2.05) is 22.9 Å². The predicted molar refractivity (Wildman–Crippen MR) is 65.7 cm³/mol. The monoisotopic (exact) mass is 239 g/mol. The van der Waals surface area contributed by atoms with Crippen molar-refractivity contribution in [2.45, 2.75) is 19.4 Å². The van der Waals surface area contributed by atoms with E-state index < -0.39 is 7.52 Å². The molecule has 3 nitrogen and oxygen atoms in total. The van der Waals surface area contributed by atoms with Crippen LogP contribution in [0.1, 0.15) is 24.9 Å². The molecular formula is C12H18NO2P. The summed E-state index contributed by atoms with van der Waals surface area (Å²) in [5, 5.41) is 0. The van der Waals surface area contributed by atoms with Gasteiger partial charge in [-0.1, -0.05) is 30.3 Å². The van der Waals surface area contributed by atoms with Crippen molar-refractivity contribution in [2.24, 2.45) is 0 Å². The average molecular weight is 239 g/mol. The van der Waals surface area contributed by atoms with Crippen molar-refractivity contribution in [3.8, 4) is 0 Å². The van der Waals surface area contributed by atoms with Crippen molar-refractivity contribution in [3.05, 3.63) is 35.9 Å². The minimum absolute atomic E-state index is 0.150. The van der Waals surface area contributed by atoms with Crippen LogP contribution < -0.4 is 0 Å². The Morgan fingerprint density at radius 1 is 1.38 bits per heavy atom. The minimum Gasteiger partial charge on any atom is -0.318 e. The Kier molecular flexibility index (Phi) is 3.48. The molecule has 1 fully saturated rings. The molecule has 0 radical (unpaired) electrons. The lowest BCUT2D eigenvalue weighted by Gasteiger charge is -2.37. The third kappa shape index (κ3) is 2.37. The standard InChI is InChI=1S/C12H18NO2P/c1-11(12-7-4-3-5-8-12)13-9-6-10-15-16(13,2)14/h3-5,7-8,11H,6,9-10H2,1-2H3. The Morgan fingerprint density at radius 3 is 2.69 bits per heavy atom. The lowest BCUT2D eigenvalue weighted by atomic mass is 10.1. The summed E-state index contributed by atoms with van der Waals surface area (Å²) < 4.78 is 19.7. The molecule has 0 N–H and O–H groups in total. The Balaban J connectivity index is 2.21. The van der Waals surface area contributed by atoms with Crippen LogP contribution in [0.25, 0.3) is 0 Å². The maximum atomic E-state index is 12.3. The van der Waals surface area contributed by atoms with Crippen molar-refractivity contribution < 1.29 is 9.09 Å². The molecule has 2 unspecified atom stereocenters. The molecule has 1 heterocycles. The van der Waals surface area contributed by atoms with Crippen molar-refractivity contribution >= 4 is 7.52 Å². The molecule has 2 rings (SSSR count). The molecule has 1 saturated heterocycles. The van der Waals surface area contributed by atoms with Gasteiger partial charge in [-0.25, -0.2) is 4.67 Å². The molecule has 0 spiro atoms. The highest BCUT2D eigenvalue weighted by Gasteiger charge is 2.33. The van der Waals surface area contributed by atoms with Gasteiger partial charge in [0.05, 0.1) is 6.61 Å². The van der Waals surface area contributed by atoms with Gasteiger partial charge in [-0.15, -0.1) is 0 Å². The van der Waals surface area contributed by atoms with Gasteiger partial charge in [-0.3, -0.25) is 4.57 Å². The zero-order chi connectivity index (χ0) is 11.6. The first-order valence-electron chi connectivity index (χ1n) is 5.65. The SMILES string of the molecule is CC(c1ccccc1)N1CCCOP1(C)=O. The van der Waals surface area contributed by atoms with Crippen molar-refractivity contribution in [3.63, 3.8) is 0 Å². The van der Waals surface area contributed by atoms with Crippen LogP contribution in [0.2, 0.25) is 0 Å². The van der Waals surface area contributed by atoms with E-state index in [1.165, 1.54) is 5.56 Å². The molecule has 1 aromatic rings. The molecule has 1 aliphatic rings. The smallest absolute Gasteiger partial charge is 0.269 e. The molecular weight excluding hydrogens is 221 g/mol. The third-order valence-electron chi connectivity index (χ3n) is 3.06. The highest BCUT2D eigenvalue weighted by atomic mass is 31.2. The maximum Gasteiger partial charge on any atom is 0.269 e.